The second kappa shape index (κ2) is 5.16. The van der Waals surface area contributed by atoms with E-state index in [0.29, 0.717) is 0 Å². The second-order valence-corrected chi connectivity index (χ2v) is 4.98. The molecule has 1 nitrogen and oxygen atoms in total. The van der Waals surface area contributed by atoms with E-state index in [-0.39, 0.29) is 5.56 Å². The summed E-state index contributed by atoms with van der Waals surface area (Å²) in [5.74, 6) is -1.76. The Hall–Kier alpha value is -1.26. The number of hydrogen-bond acceptors (Lipinski definition) is 1. The van der Waals surface area contributed by atoms with Crippen molar-refractivity contribution in [3.05, 3.63) is 69.2 Å². The number of hydrogen-bond donors (Lipinski definition) is 1. The molecule has 2 rings (SSSR count). The van der Waals surface area contributed by atoms with Crippen LogP contribution in [0.15, 0.2) is 40.9 Å². The molecule has 0 aliphatic carbocycles. The van der Waals surface area contributed by atoms with Crippen molar-refractivity contribution in [3.63, 3.8) is 0 Å². The zero-order valence-corrected chi connectivity index (χ0v) is 11.3. The molecule has 4 heteroatoms. The van der Waals surface area contributed by atoms with Crippen molar-refractivity contribution in [2.24, 2.45) is 5.73 Å². The largest absolute Gasteiger partial charge is 0.320 e. The minimum absolute atomic E-state index is 0.164. The molecule has 1 atom stereocenters. The number of benzene rings is 2. The van der Waals surface area contributed by atoms with E-state index in [0.717, 1.165) is 21.7 Å². The Labute approximate surface area is 113 Å². The standard InChI is InChI=1S/C14H12BrF2N/c1-8-7-9(5-6-11(8)15)14(18)10-3-2-4-12(16)13(10)17/h2-7,14H,18H2,1H3. The maximum absolute atomic E-state index is 13.7. The lowest BCUT2D eigenvalue weighted by atomic mass is 9.98. The van der Waals surface area contributed by atoms with Crippen LogP contribution in [0.1, 0.15) is 22.7 Å². The molecular weight excluding hydrogens is 300 g/mol. The van der Waals surface area contributed by atoms with E-state index in [1.54, 1.807) is 6.07 Å². The first-order valence-electron chi connectivity index (χ1n) is 5.46. The van der Waals surface area contributed by atoms with E-state index in [2.05, 4.69) is 15.9 Å². The lowest BCUT2D eigenvalue weighted by molar-refractivity contribution is 0.494. The Kier molecular flexibility index (Phi) is 3.78. The van der Waals surface area contributed by atoms with Crippen LogP contribution in [0.25, 0.3) is 0 Å². The van der Waals surface area contributed by atoms with Crippen LogP contribution < -0.4 is 5.73 Å². The Morgan fingerprint density at radius 2 is 1.89 bits per heavy atom. The van der Waals surface area contributed by atoms with Crippen molar-refractivity contribution < 1.29 is 8.78 Å². The van der Waals surface area contributed by atoms with E-state index >= 15 is 0 Å². The van der Waals surface area contributed by atoms with Gasteiger partial charge in [-0.05, 0) is 30.2 Å². The normalized spacial score (nSPS) is 12.5. The minimum Gasteiger partial charge on any atom is -0.320 e. The van der Waals surface area contributed by atoms with Crippen molar-refractivity contribution in [2.75, 3.05) is 0 Å². The molecule has 0 fully saturated rings. The van der Waals surface area contributed by atoms with Gasteiger partial charge >= 0.3 is 0 Å². The molecule has 2 aromatic carbocycles. The molecule has 18 heavy (non-hydrogen) atoms. The molecule has 0 amide bonds. The van der Waals surface area contributed by atoms with Gasteiger partial charge in [-0.3, -0.25) is 0 Å². The van der Waals surface area contributed by atoms with Gasteiger partial charge in [0.1, 0.15) is 0 Å². The molecule has 0 spiro atoms. The molecule has 1 unspecified atom stereocenters. The minimum atomic E-state index is -0.884. The highest BCUT2D eigenvalue weighted by Crippen LogP contribution is 2.26. The van der Waals surface area contributed by atoms with Crippen LogP contribution in [0.4, 0.5) is 8.78 Å². The molecule has 2 N–H and O–H groups in total. The summed E-state index contributed by atoms with van der Waals surface area (Å²) in [6.45, 7) is 1.92. The number of nitrogens with two attached hydrogens (primary N) is 1. The fourth-order valence-electron chi connectivity index (χ4n) is 1.80. The molecule has 2 aromatic rings. The first kappa shape index (κ1) is 13.2. The van der Waals surface area contributed by atoms with Crippen molar-refractivity contribution >= 4 is 15.9 Å². The summed E-state index contributed by atoms with van der Waals surface area (Å²) in [4.78, 5) is 0. The van der Waals surface area contributed by atoms with E-state index < -0.39 is 17.7 Å². The van der Waals surface area contributed by atoms with Gasteiger partial charge in [0.15, 0.2) is 11.6 Å². The van der Waals surface area contributed by atoms with Crippen molar-refractivity contribution in [3.8, 4) is 0 Å². The molecule has 0 aliphatic rings. The maximum Gasteiger partial charge on any atom is 0.163 e. The highest BCUT2D eigenvalue weighted by molar-refractivity contribution is 9.10. The predicted molar refractivity (Wildman–Crippen MR) is 71.3 cm³/mol. The van der Waals surface area contributed by atoms with Gasteiger partial charge in [-0.15, -0.1) is 0 Å². The van der Waals surface area contributed by atoms with Gasteiger partial charge < -0.3 is 5.73 Å². The van der Waals surface area contributed by atoms with E-state index in [1.807, 2.05) is 19.1 Å². The van der Waals surface area contributed by atoms with Gasteiger partial charge in [0.05, 0.1) is 6.04 Å². The lowest BCUT2D eigenvalue weighted by Gasteiger charge is -2.14. The Bertz CT molecular complexity index is 584. The molecule has 0 bridgehead atoms. The summed E-state index contributed by atoms with van der Waals surface area (Å²) in [6, 6.07) is 8.87. The van der Waals surface area contributed by atoms with Crippen LogP contribution in [0, 0.1) is 18.6 Å². The summed E-state index contributed by atoms with van der Waals surface area (Å²) < 4.78 is 27.8. The molecular formula is C14H12BrF2N. The predicted octanol–water partition coefficient (Wildman–Crippen LogP) is 4.08. The van der Waals surface area contributed by atoms with Crippen LogP contribution in [0.3, 0.4) is 0 Å². The van der Waals surface area contributed by atoms with Gasteiger partial charge in [0.25, 0.3) is 0 Å². The van der Waals surface area contributed by atoms with Gasteiger partial charge in [-0.25, -0.2) is 8.78 Å². The average molecular weight is 312 g/mol. The third kappa shape index (κ3) is 2.44. The van der Waals surface area contributed by atoms with E-state index in [9.17, 15) is 8.78 Å². The Morgan fingerprint density at radius 1 is 1.17 bits per heavy atom. The zero-order chi connectivity index (χ0) is 13.3. The lowest BCUT2D eigenvalue weighted by Crippen LogP contribution is -2.14. The van der Waals surface area contributed by atoms with E-state index in [1.165, 1.54) is 12.1 Å². The number of rotatable bonds is 2. The Morgan fingerprint density at radius 3 is 2.56 bits per heavy atom. The summed E-state index contributed by atoms with van der Waals surface area (Å²) in [5.41, 5.74) is 7.90. The monoisotopic (exact) mass is 311 g/mol. The van der Waals surface area contributed by atoms with Gasteiger partial charge in [-0.2, -0.15) is 0 Å². The highest BCUT2D eigenvalue weighted by atomic mass is 79.9. The molecule has 94 valence electrons. The Balaban J connectivity index is 2.44. The molecule has 0 saturated heterocycles. The van der Waals surface area contributed by atoms with Crippen molar-refractivity contribution in [1.82, 2.24) is 0 Å². The third-order valence-electron chi connectivity index (χ3n) is 2.86. The van der Waals surface area contributed by atoms with E-state index in [4.69, 9.17) is 5.73 Å². The molecule has 0 saturated carbocycles. The van der Waals surface area contributed by atoms with Crippen LogP contribution in [0.2, 0.25) is 0 Å². The molecule has 0 radical (unpaired) electrons. The topological polar surface area (TPSA) is 26.0 Å². The van der Waals surface area contributed by atoms with Gasteiger partial charge in [0.2, 0.25) is 0 Å². The van der Waals surface area contributed by atoms with Crippen LogP contribution in [-0.4, -0.2) is 0 Å². The van der Waals surface area contributed by atoms with Crippen molar-refractivity contribution in [1.29, 1.82) is 0 Å². The molecule has 0 heterocycles. The average Bonchev–Trinajstić information content (AvgIpc) is 2.35. The summed E-state index contributed by atoms with van der Waals surface area (Å²) in [6.07, 6.45) is 0. The number of halogens is 3. The number of aryl methyl sites for hydroxylation is 1. The third-order valence-corrected chi connectivity index (χ3v) is 3.75. The maximum atomic E-state index is 13.7. The summed E-state index contributed by atoms with van der Waals surface area (Å²) >= 11 is 3.39. The molecule has 0 aliphatic heterocycles. The van der Waals surface area contributed by atoms with Crippen molar-refractivity contribution in [2.45, 2.75) is 13.0 Å². The summed E-state index contributed by atoms with van der Waals surface area (Å²) in [5, 5.41) is 0. The summed E-state index contributed by atoms with van der Waals surface area (Å²) in [7, 11) is 0. The fraction of sp³-hybridized carbons (Fsp3) is 0.143. The van der Waals surface area contributed by atoms with Crippen LogP contribution >= 0.6 is 15.9 Å². The van der Waals surface area contributed by atoms with Gasteiger partial charge in [-0.1, -0.05) is 40.2 Å². The SMILES string of the molecule is Cc1cc(C(N)c2cccc(F)c2F)ccc1Br. The highest BCUT2D eigenvalue weighted by Gasteiger charge is 2.16. The smallest absolute Gasteiger partial charge is 0.163 e. The quantitative estimate of drug-likeness (QED) is 0.888. The fourth-order valence-corrected chi connectivity index (χ4v) is 2.05. The molecule has 0 aromatic heterocycles. The van der Waals surface area contributed by atoms with Gasteiger partial charge in [0, 0.05) is 10.0 Å². The zero-order valence-electron chi connectivity index (χ0n) is 9.75. The first-order chi connectivity index (χ1) is 8.50. The van der Waals surface area contributed by atoms with Crippen LogP contribution in [0.5, 0.6) is 0 Å². The van der Waals surface area contributed by atoms with Crippen LogP contribution in [-0.2, 0) is 0 Å². The first-order valence-corrected chi connectivity index (χ1v) is 6.25. The second-order valence-electron chi connectivity index (χ2n) is 4.13.